The lowest BCUT2D eigenvalue weighted by molar-refractivity contribution is 0.105. The van der Waals surface area contributed by atoms with Crippen molar-refractivity contribution >= 4 is 11.8 Å². The van der Waals surface area contributed by atoms with Crippen LogP contribution < -0.4 is 15.4 Å². The quantitative estimate of drug-likeness (QED) is 0.851. The van der Waals surface area contributed by atoms with Gasteiger partial charge in [0.05, 0.1) is 12.2 Å². The molecule has 2 N–H and O–H groups in total. The molecule has 2 aliphatic heterocycles. The van der Waals surface area contributed by atoms with Gasteiger partial charge in [-0.05, 0) is 24.5 Å². The summed E-state index contributed by atoms with van der Waals surface area (Å²) in [6, 6.07) is 6.06. The first-order valence-corrected chi connectivity index (χ1v) is 6.26. The van der Waals surface area contributed by atoms with E-state index < -0.39 is 0 Å². The second kappa shape index (κ2) is 4.76. The number of hydrogen-bond donors (Lipinski definition) is 2. The summed E-state index contributed by atoms with van der Waals surface area (Å²) in [6.45, 7) is 1.88. The second-order valence-corrected chi connectivity index (χ2v) is 4.54. The summed E-state index contributed by atoms with van der Waals surface area (Å²) in [5.41, 5.74) is 2.38. The van der Waals surface area contributed by atoms with Crippen LogP contribution in [0.1, 0.15) is 12.0 Å². The van der Waals surface area contributed by atoms with Crippen LogP contribution >= 0.6 is 0 Å². The topological polar surface area (TPSA) is 59.6 Å². The van der Waals surface area contributed by atoms with Gasteiger partial charge in [-0.2, -0.15) is 0 Å². The number of benzene rings is 1. The molecule has 0 aromatic heterocycles. The number of amides is 1. The van der Waals surface area contributed by atoms with Crippen molar-refractivity contribution < 1.29 is 14.3 Å². The molecule has 3 rings (SSSR count). The number of cyclic esters (lactones) is 1. The van der Waals surface area contributed by atoms with E-state index in [4.69, 9.17) is 9.47 Å². The van der Waals surface area contributed by atoms with Crippen LogP contribution in [-0.4, -0.2) is 31.9 Å². The van der Waals surface area contributed by atoms with Crippen LogP contribution in [0.5, 0.6) is 5.75 Å². The molecule has 1 fully saturated rings. The van der Waals surface area contributed by atoms with Gasteiger partial charge >= 0.3 is 6.09 Å². The Bertz CT molecular complexity index is 462. The fraction of sp³-hybridized carbons (Fsp3) is 0.462. The molecule has 1 aromatic carbocycles. The van der Waals surface area contributed by atoms with Crippen LogP contribution in [0.4, 0.5) is 10.5 Å². The van der Waals surface area contributed by atoms with E-state index in [2.05, 4.69) is 16.7 Å². The first-order valence-electron chi connectivity index (χ1n) is 6.26. The Labute approximate surface area is 105 Å². The van der Waals surface area contributed by atoms with E-state index in [0.717, 1.165) is 30.8 Å². The number of anilines is 1. The molecular weight excluding hydrogens is 232 g/mol. The van der Waals surface area contributed by atoms with Gasteiger partial charge in [-0.3, -0.25) is 0 Å². The maximum atomic E-state index is 10.9. The highest BCUT2D eigenvalue weighted by Gasteiger charge is 2.23. The molecule has 1 unspecified atom stereocenters. The van der Waals surface area contributed by atoms with Crippen LogP contribution in [0.25, 0.3) is 0 Å². The molecular formula is C13H16N2O3. The normalized spacial score (nSPS) is 21.6. The van der Waals surface area contributed by atoms with Crippen molar-refractivity contribution in [2.24, 2.45) is 0 Å². The zero-order valence-corrected chi connectivity index (χ0v) is 10.1. The Morgan fingerprint density at radius 1 is 1.39 bits per heavy atom. The lowest BCUT2D eigenvalue weighted by atomic mass is 10.0. The molecule has 1 saturated heterocycles. The fourth-order valence-electron chi connectivity index (χ4n) is 2.31. The molecule has 18 heavy (non-hydrogen) atoms. The second-order valence-electron chi connectivity index (χ2n) is 4.54. The largest absolute Gasteiger partial charge is 0.487 e. The van der Waals surface area contributed by atoms with Gasteiger partial charge in [0.25, 0.3) is 0 Å². The average molecular weight is 248 g/mol. The summed E-state index contributed by atoms with van der Waals surface area (Å²) in [6.07, 6.45) is 1.67. The van der Waals surface area contributed by atoms with Crippen LogP contribution in [0, 0.1) is 0 Å². The minimum Gasteiger partial charge on any atom is -0.487 e. The van der Waals surface area contributed by atoms with Gasteiger partial charge in [0.15, 0.2) is 6.10 Å². The lowest BCUT2D eigenvalue weighted by Gasteiger charge is -2.21. The summed E-state index contributed by atoms with van der Waals surface area (Å²) in [4.78, 5) is 10.9. The van der Waals surface area contributed by atoms with Crippen molar-refractivity contribution in [1.82, 2.24) is 5.32 Å². The Balaban J connectivity index is 1.67. The highest BCUT2D eigenvalue weighted by molar-refractivity contribution is 5.69. The minimum absolute atomic E-state index is 0.197. The maximum absolute atomic E-state index is 10.9. The first-order chi connectivity index (χ1) is 8.83. The molecule has 1 amide bonds. The van der Waals surface area contributed by atoms with Gasteiger partial charge < -0.3 is 20.1 Å². The van der Waals surface area contributed by atoms with Gasteiger partial charge in [-0.15, -0.1) is 0 Å². The molecule has 2 aliphatic rings. The van der Waals surface area contributed by atoms with Gasteiger partial charge in [-0.1, -0.05) is 12.1 Å². The minimum atomic E-state index is -0.364. The molecule has 0 aliphatic carbocycles. The molecule has 1 aromatic rings. The highest BCUT2D eigenvalue weighted by Crippen LogP contribution is 2.32. The number of hydrogen-bond acceptors (Lipinski definition) is 4. The predicted octanol–water partition coefficient (Wildman–Crippen LogP) is 1.53. The number of aryl methyl sites for hydroxylation is 1. The van der Waals surface area contributed by atoms with Gasteiger partial charge in [0, 0.05) is 6.54 Å². The van der Waals surface area contributed by atoms with Crippen LogP contribution in [0.2, 0.25) is 0 Å². The van der Waals surface area contributed by atoms with Crippen molar-refractivity contribution in [2.45, 2.75) is 18.9 Å². The maximum Gasteiger partial charge on any atom is 0.407 e. The Kier molecular flexibility index (Phi) is 2.96. The molecule has 0 radical (unpaired) electrons. The van der Waals surface area contributed by atoms with Crippen LogP contribution in [-0.2, 0) is 11.2 Å². The molecule has 0 bridgehead atoms. The molecule has 0 spiro atoms. The van der Waals surface area contributed by atoms with Crippen molar-refractivity contribution in [2.75, 3.05) is 25.0 Å². The molecule has 96 valence electrons. The van der Waals surface area contributed by atoms with E-state index in [-0.39, 0.29) is 12.2 Å². The molecule has 1 atom stereocenters. The molecule has 5 nitrogen and oxygen atoms in total. The fourth-order valence-corrected chi connectivity index (χ4v) is 2.31. The van der Waals surface area contributed by atoms with E-state index in [1.54, 1.807) is 0 Å². The number of rotatable bonds is 3. The van der Waals surface area contributed by atoms with E-state index in [1.807, 2.05) is 12.1 Å². The Morgan fingerprint density at radius 2 is 2.33 bits per heavy atom. The summed E-state index contributed by atoms with van der Waals surface area (Å²) < 4.78 is 10.8. The summed E-state index contributed by atoms with van der Waals surface area (Å²) in [7, 11) is 0. The molecule has 2 heterocycles. The number of nitrogens with one attached hydrogen (secondary N) is 2. The van der Waals surface area contributed by atoms with E-state index in [9.17, 15) is 4.79 Å². The van der Waals surface area contributed by atoms with Crippen LogP contribution in [0.3, 0.4) is 0 Å². The molecule has 0 saturated carbocycles. The number of ether oxygens (including phenoxy) is 2. The molecule has 5 heteroatoms. The van der Waals surface area contributed by atoms with Crippen molar-refractivity contribution in [3.05, 3.63) is 23.8 Å². The number of fused-ring (bicyclic) bond motifs is 1. The van der Waals surface area contributed by atoms with Crippen LogP contribution in [0.15, 0.2) is 18.2 Å². The number of carbonyl (C=O) groups excluding carboxylic acids is 1. The SMILES string of the molecule is O=C1NCC(COc2cccc3c2NCCC3)O1. The van der Waals surface area contributed by atoms with E-state index in [1.165, 1.54) is 5.56 Å². The third-order valence-electron chi connectivity index (χ3n) is 3.21. The first kappa shape index (κ1) is 11.2. The van der Waals surface area contributed by atoms with Gasteiger partial charge in [0.1, 0.15) is 12.4 Å². The number of carbonyl (C=O) groups is 1. The summed E-state index contributed by atoms with van der Waals surface area (Å²) in [5, 5.41) is 5.98. The number of para-hydroxylation sites is 1. The smallest absolute Gasteiger partial charge is 0.407 e. The van der Waals surface area contributed by atoms with Crippen molar-refractivity contribution in [3.8, 4) is 5.75 Å². The summed E-state index contributed by atoms with van der Waals surface area (Å²) in [5.74, 6) is 0.843. The lowest BCUT2D eigenvalue weighted by Crippen LogP contribution is -2.22. The van der Waals surface area contributed by atoms with E-state index in [0.29, 0.717) is 13.2 Å². The van der Waals surface area contributed by atoms with Crippen molar-refractivity contribution in [1.29, 1.82) is 0 Å². The number of alkyl carbamates (subject to hydrolysis) is 1. The van der Waals surface area contributed by atoms with E-state index >= 15 is 0 Å². The average Bonchev–Trinajstić information content (AvgIpc) is 2.82. The predicted molar refractivity (Wildman–Crippen MR) is 67.0 cm³/mol. The zero-order valence-electron chi connectivity index (χ0n) is 10.1. The zero-order chi connectivity index (χ0) is 12.4. The Morgan fingerprint density at radius 3 is 3.17 bits per heavy atom. The standard InChI is InChI=1S/C13H16N2O3/c16-13-15-7-10(18-13)8-17-11-5-1-3-9-4-2-6-14-12(9)11/h1,3,5,10,14H,2,4,6-8H2,(H,15,16). The van der Waals surface area contributed by atoms with Crippen molar-refractivity contribution in [3.63, 3.8) is 0 Å². The third kappa shape index (κ3) is 2.20. The Hall–Kier alpha value is -1.91. The van der Waals surface area contributed by atoms with Gasteiger partial charge in [-0.25, -0.2) is 4.79 Å². The highest BCUT2D eigenvalue weighted by atomic mass is 16.6. The third-order valence-corrected chi connectivity index (χ3v) is 3.21. The monoisotopic (exact) mass is 248 g/mol. The van der Waals surface area contributed by atoms with Gasteiger partial charge in [0.2, 0.25) is 0 Å². The summed E-state index contributed by atoms with van der Waals surface area (Å²) >= 11 is 0.